The molecule has 3 amide bonds. The number of carbonyl (C=O) groups is 3. The Labute approximate surface area is 208 Å². The van der Waals surface area contributed by atoms with E-state index in [4.69, 9.17) is 11.2 Å². The highest BCUT2D eigenvalue weighted by Crippen LogP contribution is 2.27. The number of ether oxygens (including phenoxy) is 1. The Morgan fingerprint density at radius 1 is 1.03 bits per heavy atom. The number of likely N-dealkylation sites (N-methyl/N-ethyl adjacent to an activating group) is 1. The van der Waals surface area contributed by atoms with Crippen LogP contribution in [0.1, 0.15) is 57.4 Å². The predicted molar refractivity (Wildman–Crippen MR) is 138 cm³/mol. The summed E-state index contributed by atoms with van der Waals surface area (Å²) in [6.07, 6.45) is 5.01. The standard InChI is InChI=1S/C28H35N3O4/c1-9-20-15-11-12-16-21(20)24(25(32)29-22-17-13-10-14-19(22)4)31(8)26(33)23(18(2)3)30-27(34)35-28(5,6)7/h1,10-18,23-24H,2-8H3,(H,29,32)(H,30,34). The van der Waals surface area contributed by atoms with Gasteiger partial charge in [0, 0.05) is 18.3 Å². The fourth-order valence-electron chi connectivity index (χ4n) is 3.60. The highest BCUT2D eigenvalue weighted by atomic mass is 16.6. The summed E-state index contributed by atoms with van der Waals surface area (Å²) in [6, 6.07) is 12.4. The number of amides is 3. The average Bonchev–Trinajstić information content (AvgIpc) is 2.77. The zero-order valence-electron chi connectivity index (χ0n) is 21.5. The number of hydrogen-bond donors (Lipinski definition) is 2. The lowest BCUT2D eigenvalue weighted by Crippen LogP contribution is -2.53. The molecule has 0 spiro atoms. The van der Waals surface area contributed by atoms with Gasteiger partial charge in [0.1, 0.15) is 17.7 Å². The third-order valence-corrected chi connectivity index (χ3v) is 5.40. The number of alkyl carbamates (subject to hydrolysis) is 1. The Morgan fingerprint density at radius 2 is 1.63 bits per heavy atom. The molecule has 7 nitrogen and oxygen atoms in total. The predicted octanol–water partition coefficient (Wildman–Crippen LogP) is 4.66. The first-order valence-electron chi connectivity index (χ1n) is 11.5. The molecule has 0 fully saturated rings. The van der Waals surface area contributed by atoms with Gasteiger partial charge >= 0.3 is 6.09 Å². The third kappa shape index (κ3) is 7.35. The second-order valence-electron chi connectivity index (χ2n) is 9.76. The number of hydrogen-bond acceptors (Lipinski definition) is 4. The first-order valence-corrected chi connectivity index (χ1v) is 11.5. The van der Waals surface area contributed by atoms with Gasteiger partial charge < -0.3 is 20.3 Å². The number of para-hydroxylation sites is 1. The van der Waals surface area contributed by atoms with Crippen LogP contribution in [0.25, 0.3) is 0 Å². The second-order valence-corrected chi connectivity index (χ2v) is 9.76. The van der Waals surface area contributed by atoms with Crippen LogP contribution in [0.4, 0.5) is 10.5 Å². The maximum Gasteiger partial charge on any atom is 0.408 e. The molecule has 7 heteroatoms. The summed E-state index contributed by atoms with van der Waals surface area (Å²) in [5, 5.41) is 5.58. The van der Waals surface area contributed by atoms with E-state index in [-0.39, 0.29) is 5.92 Å². The molecular formula is C28H35N3O4. The van der Waals surface area contributed by atoms with Gasteiger partial charge in [0.15, 0.2) is 0 Å². The molecule has 0 aliphatic rings. The summed E-state index contributed by atoms with van der Waals surface area (Å²) in [4.78, 5) is 41.0. The van der Waals surface area contributed by atoms with Gasteiger partial charge in [-0.2, -0.15) is 0 Å². The number of aryl methyl sites for hydroxylation is 1. The van der Waals surface area contributed by atoms with Crippen molar-refractivity contribution >= 4 is 23.6 Å². The van der Waals surface area contributed by atoms with E-state index in [1.165, 1.54) is 11.9 Å². The van der Waals surface area contributed by atoms with Gasteiger partial charge in [-0.15, -0.1) is 6.42 Å². The summed E-state index contributed by atoms with van der Waals surface area (Å²) in [7, 11) is 1.53. The molecule has 2 atom stereocenters. The summed E-state index contributed by atoms with van der Waals surface area (Å²) in [5.74, 6) is 1.48. The molecule has 0 radical (unpaired) electrons. The van der Waals surface area contributed by atoms with Gasteiger partial charge in [-0.25, -0.2) is 4.79 Å². The van der Waals surface area contributed by atoms with Crippen molar-refractivity contribution in [3.63, 3.8) is 0 Å². The summed E-state index contributed by atoms with van der Waals surface area (Å²) >= 11 is 0. The Hall–Kier alpha value is -3.79. The number of nitrogens with zero attached hydrogens (tertiary/aromatic N) is 1. The molecular weight excluding hydrogens is 442 g/mol. The van der Waals surface area contributed by atoms with E-state index in [9.17, 15) is 14.4 Å². The van der Waals surface area contributed by atoms with Crippen LogP contribution in [0.2, 0.25) is 0 Å². The van der Waals surface area contributed by atoms with E-state index in [0.717, 1.165) is 5.56 Å². The summed E-state index contributed by atoms with van der Waals surface area (Å²) < 4.78 is 5.34. The minimum absolute atomic E-state index is 0.263. The van der Waals surface area contributed by atoms with Crippen molar-refractivity contribution in [1.29, 1.82) is 0 Å². The van der Waals surface area contributed by atoms with Crippen LogP contribution in [0.5, 0.6) is 0 Å². The largest absolute Gasteiger partial charge is 0.444 e. The van der Waals surface area contributed by atoms with Crippen LogP contribution in [0, 0.1) is 25.2 Å². The van der Waals surface area contributed by atoms with Crippen LogP contribution < -0.4 is 10.6 Å². The minimum Gasteiger partial charge on any atom is -0.444 e. The third-order valence-electron chi connectivity index (χ3n) is 5.40. The number of benzene rings is 2. The van der Waals surface area contributed by atoms with E-state index in [2.05, 4.69) is 16.6 Å². The van der Waals surface area contributed by atoms with E-state index in [0.29, 0.717) is 16.8 Å². The Kier molecular flexibility index (Phi) is 9.07. The van der Waals surface area contributed by atoms with Crippen molar-refractivity contribution in [3.05, 3.63) is 65.2 Å². The number of anilines is 1. The molecule has 0 heterocycles. The summed E-state index contributed by atoms with van der Waals surface area (Å²) in [5.41, 5.74) is 1.80. The highest BCUT2D eigenvalue weighted by Gasteiger charge is 2.36. The van der Waals surface area contributed by atoms with Gasteiger partial charge in [-0.05, 0) is 56.9 Å². The van der Waals surface area contributed by atoms with Crippen LogP contribution in [0.15, 0.2) is 48.5 Å². The average molecular weight is 478 g/mol. The molecule has 2 N–H and O–H groups in total. The fourth-order valence-corrected chi connectivity index (χ4v) is 3.60. The normalized spacial score (nSPS) is 12.8. The zero-order chi connectivity index (χ0) is 26.3. The number of carbonyl (C=O) groups excluding carboxylic acids is 3. The van der Waals surface area contributed by atoms with Crippen LogP contribution in [-0.4, -0.2) is 41.5 Å². The summed E-state index contributed by atoms with van der Waals surface area (Å²) in [6.45, 7) is 10.7. The molecule has 0 bridgehead atoms. The zero-order valence-corrected chi connectivity index (χ0v) is 21.5. The topological polar surface area (TPSA) is 87.7 Å². The molecule has 2 unspecified atom stereocenters. The minimum atomic E-state index is -1.03. The number of nitrogens with one attached hydrogen (secondary N) is 2. The van der Waals surface area contributed by atoms with E-state index in [1.807, 2.05) is 39.0 Å². The second kappa shape index (κ2) is 11.6. The first-order chi connectivity index (χ1) is 16.4. The molecule has 2 aromatic rings. The molecule has 0 aliphatic heterocycles. The van der Waals surface area contributed by atoms with Crippen molar-refractivity contribution in [3.8, 4) is 12.3 Å². The number of terminal acetylenes is 1. The quantitative estimate of drug-likeness (QED) is 0.568. The van der Waals surface area contributed by atoms with Gasteiger partial charge in [0.05, 0.1) is 0 Å². The molecule has 0 aliphatic carbocycles. The monoisotopic (exact) mass is 477 g/mol. The van der Waals surface area contributed by atoms with Crippen molar-refractivity contribution in [2.75, 3.05) is 12.4 Å². The van der Waals surface area contributed by atoms with E-state index >= 15 is 0 Å². The van der Waals surface area contributed by atoms with Gasteiger partial charge in [0.2, 0.25) is 5.91 Å². The lowest BCUT2D eigenvalue weighted by molar-refractivity contribution is -0.140. The van der Waals surface area contributed by atoms with E-state index < -0.39 is 35.6 Å². The van der Waals surface area contributed by atoms with Crippen LogP contribution in [0.3, 0.4) is 0 Å². The molecule has 0 saturated carbocycles. The maximum atomic E-state index is 13.6. The van der Waals surface area contributed by atoms with Gasteiger partial charge in [-0.1, -0.05) is 56.2 Å². The SMILES string of the molecule is C#Cc1ccccc1C(C(=O)Nc1ccccc1C)N(C)C(=O)C(NC(=O)OC(C)(C)C)C(C)C. The highest BCUT2D eigenvalue weighted by molar-refractivity contribution is 5.99. The Bertz CT molecular complexity index is 1110. The van der Waals surface area contributed by atoms with Crippen molar-refractivity contribution in [1.82, 2.24) is 10.2 Å². The number of rotatable bonds is 7. The van der Waals surface area contributed by atoms with Gasteiger partial charge in [-0.3, -0.25) is 9.59 Å². The Morgan fingerprint density at radius 3 is 2.20 bits per heavy atom. The van der Waals surface area contributed by atoms with Crippen molar-refractivity contribution in [2.45, 2.75) is 59.2 Å². The lowest BCUT2D eigenvalue weighted by atomic mass is 9.96. The smallest absolute Gasteiger partial charge is 0.408 e. The molecule has 2 aromatic carbocycles. The van der Waals surface area contributed by atoms with Crippen LogP contribution >= 0.6 is 0 Å². The fraction of sp³-hybridized carbons (Fsp3) is 0.393. The molecule has 2 rings (SSSR count). The Balaban J connectivity index is 2.45. The van der Waals surface area contributed by atoms with Crippen molar-refractivity contribution in [2.24, 2.45) is 5.92 Å². The van der Waals surface area contributed by atoms with Crippen molar-refractivity contribution < 1.29 is 19.1 Å². The first kappa shape index (κ1) is 27.5. The molecule has 0 saturated heterocycles. The molecule has 35 heavy (non-hydrogen) atoms. The van der Waals surface area contributed by atoms with Gasteiger partial charge in [0.25, 0.3) is 5.91 Å². The molecule has 0 aromatic heterocycles. The lowest BCUT2D eigenvalue weighted by Gasteiger charge is -2.33. The molecule has 186 valence electrons. The van der Waals surface area contributed by atoms with E-state index in [1.54, 1.807) is 51.1 Å². The maximum absolute atomic E-state index is 13.6. The van der Waals surface area contributed by atoms with Crippen LogP contribution in [-0.2, 0) is 14.3 Å².